The van der Waals surface area contributed by atoms with Crippen LogP contribution in [-0.4, -0.2) is 10.9 Å². The molecule has 0 unspecified atom stereocenters. The lowest BCUT2D eigenvalue weighted by atomic mass is 10.1. The smallest absolute Gasteiger partial charge is 0.408 e. The van der Waals surface area contributed by atoms with Crippen molar-refractivity contribution in [3.8, 4) is 0 Å². The molecule has 17 heavy (non-hydrogen) atoms. The Morgan fingerprint density at radius 2 is 2.00 bits per heavy atom. The molecule has 0 saturated carbocycles. The normalized spacial score (nSPS) is 11.1. The van der Waals surface area contributed by atoms with Crippen LogP contribution in [0.15, 0.2) is 45.6 Å². The number of nitrogens with zero attached hydrogens (tertiary/aromatic N) is 1. The number of hydrogen-bond donors (Lipinski definition) is 0. The van der Waals surface area contributed by atoms with Gasteiger partial charge in [0, 0.05) is 5.39 Å². The predicted molar refractivity (Wildman–Crippen MR) is 64.0 cm³/mol. The van der Waals surface area contributed by atoms with E-state index in [1.165, 1.54) is 4.57 Å². The molecule has 0 N–H and O–H groups in total. The molecule has 2 aromatic carbocycles. The molecule has 0 spiro atoms. The fourth-order valence-electron chi connectivity index (χ4n) is 2.08. The maximum atomic E-state index is 11.6. The molecule has 0 radical (unpaired) electrons. The van der Waals surface area contributed by atoms with Gasteiger partial charge in [0.1, 0.15) is 6.29 Å². The Hall–Kier alpha value is -2.36. The van der Waals surface area contributed by atoms with Gasteiger partial charge in [-0.2, -0.15) is 0 Å². The minimum Gasteiger partial charge on any atom is -0.408 e. The van der Waals surface area contributed by atoms with Gasteiger partial charge in [0.2, 0.25) is 0 Å². The van der Waals surface area contributed by atoms with Crippen LogP contribution >= 0.6 is 0 Å². The van der Waals surface area contributed by atoms with Crippen LogP contribution in [0.4, 0.5) is 0 Å². The molecule has 1 heterocycles. The van der Waals surface area contributed by atoms with E-state index in [1.54, 1.807) is 6.07 Å². The maximum Gasteiger partial charge on any atom is 0.420 e. The highest BCUT2D eigenvalue weighted by Crippen LogP contribution is 2.24. The van der Waals surface area contributed by atoms with E-state index in [4.69, 9.17) is 4.42 Å². The summed E-state index contributed by atoms with van der Waals surface area (Å²) in [7, 11) is 0. The second-order valence-corrected chi connectivity index (χ2v) is 3.78. The van der Waals surface area contributed by atoms with Crippen molar-refractivity contribution in [1.82, 2.24) is 4.57 Å². The van der Waals surface area contributed by atoms with Crippen molar-refractivity contribution in [3.63, 3.8) is 0 Å². The fraction of sp³-hybridized carbons (Fsp3) is 0.0769. The second-order valence-electron chi connectivity index (χ2n) is 3.78. The van der Waals surface area contributed by atoms with E-state index < -0.39 is 5.76 Å². The highest BCUT2D eigenvalue weighted by molar-refractivity contribution is 6.03. The van der Waals surface area contributed by atoms with Gasteiger partial charge >= 0.3 is 5.76 Å². The van der Waals surface area contributed by atoms with Gasteiger partial charge in [-0.3, -0.25) is 4.57 Å². The van der Waals surface area contributed by atoms with Crippen LogP contribution in [0.3, 0.4) is 0 Å². The quantitative estimate of drug-likeness (QED) is 0.629. The van der Waals surface area contributed by atoms with Crippen LogP contribution in [0, 0.1) is 0 Å². The summed E-state index contributed by atoms with van der Waals surface area (Å²) < 4.78 is 6.46. The van der Waals surface area contributed by atoms with Gasteiger partial charge in [0.25, 0.3) is 0 Å². The molecular formula is C13H9NO3. The van der Waals surface area contributed by atoms with E-state index in [0.717, 1.165) is 10.8 Å². The van der Waals surface area contributed by atoms with Gasteiger partial charge in [-0.05, 0) is 11.5 Å². The number of benzene rings is 2. The van der Waals surface area contributed by atoms with Crippen molar-refractivity contribution in [3.05, 3.63) is 46.9 Å². The third-order valence-corrected chi connectivity index (χ3v) is 2.81. The van der Waals surface area contributed by atoms with Crippen LogP contribution in [0.1, 0.15) is 0 Å². The Bertz CT molecular complexity index is 767. The number of aldehydes is 1. The van der Waals surface area contributed by atoms with Gasteiger partial charge in [-0.15, -0.1) is 0 Å². The molecule has 0 aliphatic heterocycles. The first-order chi connectivity index (χ1) is 8.31. The van der Waals surface area contributed by atoms with E-state index in [0.29, 0.717) is 17.4 Å². The van der Waals surface area contributed by atoms with Crippen molar-refractivity contribution >= 4 is 28.2 Å². The minimum atomic E-state index is -0.497. The van der Waals surface area contributed by atoms with Crippen molar-refractivity contribution in [2.45, 2.75) is 6.54 Å². The molecule has 3 aromatic rings. The molecule has 84 valence electrons. The predicted octanol–water partition coefficient (Wildman–Crippen LogP) is 1.95. The molecular weight excluding hydrogens is 218 g/mol. The van der Waals surface area contributed by atoms with Gasteiger partial charge in [0.15, 0.2) is 5.58 Å². The monoisotopic (exact) mass is 227 g/mol. The standard InChI is InChI=1S/C13H9NO3/c15-8-7-14-12-10-4-2-1-3-9(10)5-6-11(12)17-13(14)16/h1-6,8H,7H2. The summed E-state index contributed by atoms with van der Waals surface area (Å²) in [6, 6.07) is 11.3. The Balaban J connectivity index is 2.54. The fourth-order valence-corrected chi connectivity index (χ4v) is 2.08. The summed E-state index contributed by atoms with van der Waals surface area (Å²) in [5.74, 6) is -0.497. The Labute approximate surface area is 96.1 Å². The molecule has 1 aromatic heterocycles. The highest BCUT2D eigenvalue weighted by atomic mass is 16.4. The van der Waals surface area contributed by atoms with Crippen molar-refractivity contribution in [2.24, 2.45) is 0 Å². The molecule has 0 saturated heterocycles. The van der Waals surface area contributed by atoms with E-state index >= 15 is 0 Å². The van der Waals surface area contributed by atoms with Gasteiger partial charge in [0.05, 0.1) is 12.1 Å². The number of carbonyl (C=O) groups is 1. The van der Waals surface area contributed by atoms with Crippen LogP contribution < -0.4 is 5.76 Å². The molecule has 0 atom stereocenters. The van der Waals surface area contributed by atoms with Gasteiger partial charge < -0.3 is 9.21 Å². The van der Waals surface area contributed by atoms with Crippen LogP contribution in [0.5, 0.6) is 0 Å². The lowest BCUT2D eigenvalue weighted by Gasteiger charge is -2.00. The average Bonchev–Trinajstić information content (AvgIpc) is 2.67. The molecule has 0 aliphatic rings. The van der Waals surface area contributed by atoms with Crippen LogP contribution in [-0.2, 0) is 11.3 Å². The first-order valence-electron chi connectivity index (χ1n) is 5.26. The first kappa shape index (κ1) is 9.84. The Morgan fingerprint density at radius 1 is 1.18 bits per heavy atom. The summed E-state index contributed by atoms with van der Waals surface area (Å²) in [4.78, 5) is 22.2. The number of aromatic nitrogens is 1. The molecule has 3 rings (SSSR count). The van der Waals surface area contributed by atoms with Crippen molar-refractivity contribution < 1.29 is 9.21 Å². The zero-order valence-corrected chi connectivity index (χ0v) is 8.92. The molecule has 4 heteroatoms. The van der Waals surface area contributed by atoms with E-state index in [1.807, 2.05) is 30.3 Å². The highest BCUT2D eigenvalue weighted by Gasteiger charge is 2.11. The minimum absolute atomic E-state index is 0.0137. The summed E-state index contributed by atoms with van der Waals surface area (Å²) in [6.45, 7) is 0.0137. The third kappa shape index (κ3) is 1.38. The molecule has 0 fully saturated rings. The number of fused-ring (bicyclic) bond motifs is 3. The summed E-state index contributed by atoms with van der Waals surface area (Å²) in [5, 5.41) is 1.93. The summed E-state index contributed by atoms with van der Waals surface area (Å²) in [6.07, 6.45) is 0.693. The number of hydrogen-bond acceptors (Lipinski definition) is 3. The lowest BCUT2D eigenvalue weighted by Crippen LogP contribution is -2.14. The topological polar surface area (TPSA) is 52.2 Å². The third-order valence-electron chi connectivity index (χ3n) is 2.81. The van der Waals surface area contributed by atoms with Gasteiger partial charge in [-0.25, -0.2) is 4.79 Å². The number of carbonyl (C=O) groups excluding carboxylic acids is 1. The van der Waals surface area contributed by atoms with Crippen molar-refractivity contribution in [2.75, 3.05) is 0 Å². The number of rotatable bonds is 2. The molecule has 0 bridgehead atoms. The summed E-state index contributed by atoms with van der Waals surface area (Å²) in [5.41, 5.74) is 1.19. The zero-order valence-electron chi connectivity index (χ0n) is 8.92. The summed E-state index contributed by atoms with van der Waals surface area (Å²) >= 11 is 0. The molecule has 4 nitrogen and oxygen atoms in total. The molecule has 0 amide bonds. The maximum absolute atomic E-state index is 11.6. The number of oxazole rings is 1. The first-order valence-corrected chi connectivity index (χ1v) is 5.26. The van der Waals surface area contributed by atoms with Crippen LogP contribution in [0.25, 0.3) is 21.9 Å². The average molecular weight is 227 g/mol. The zero-order chi connectivity index (χ0) is 11.8. The Kier molecular flexibility index (Phi) is 2.08. The lowest BCUT2D eigenvalue weighted by molar-refractivity contribution is -0.108. The van der Waals surface area contributed by atoms with E-state index in [-0.39, 0.29) is 6.54 Å². The Morgan fingerprint density at radius 3 is 2.82 bits per heavy atom. The van der Waals surface area contributed by atoms with E-state index in [9.17, 15) is 9.59 Å². The van der Waals surface area contributed by atoms with Crippen molar-refractivity contribution in [1.29, 1.82) is 0 Å². The SMILES string of the molecule is O=CCn1c(=O)oc2ccc3ccccc3c21. The van der Waals surface area contributed by atoms with Gasteiger partial charge in [-0.1, -0.05) is 30.3 Å². The second kappa shape index (κ2) is 3.59. The van der Waals surface area contributed by atoms with E-state index in [2.05, 4.69) is 0 Å². The molecule has 0 aliphatic carbocycles. The van der Waals surface area contributed by atoms with Crippen LogP contribution in [0.2, 0.25) is 0 Å². The largest absolute Gasteiger partial charge is 0.420 e.